The molecule has 1 saturated heterocycles. The van der Waals surface area contributed by atoms with Gasteiger partial charge in [-0.05, 0) is 37.3 Å². The minimum Gasteiger partial charge on any atom is -0.476 e. The Morgan fingerprint density at radius 1 is 1.48 bits per heavy atom. The molecular formula is C15H20N2O4. The second kappa shape index (κ2) is 6.30. The molecule has 0 aromatic carbocycles. The van der Waals surface area contributed by atoms with Crippen LogP contribution in [0.15, 0.2) is 12.1 Å². The molecular weight excluding hydrogens is 272 g/mol. The lowest BCUT2D eigenvalue weighted by Crippen LogP contribution is -2.33. The number of methoxy groups -OCH3 is 1. The summed E-state index contributed by atoms with van der Waals surface area (Å²) in [6.45, 7) is 2.86. The maximum absolute atomic E-state index is 11.6. The van der Waals surface area contributed by atoms with E-state index in [0.717, 1.165) is 25.3 Å². The van der Waals surface area contributed by atoms with E-state index >= 15 is 0 Å². The zero-order valence-electron chi connectivity index (χ0n) is 12.2. The normalized spacial score (nSPS) is 18.4. The van der Waals surface area contributed by atoms with Gasteiger partial charge in [-0.1, -0.05) is 0 Å². The average Bonchev–Trinajstić information content (AvgIpc) is 3.37. The molecule has 0 amide bonds. The smallest absolute Gasteiger partial charge is 0.356 e. The van der Waals surface area contributed by atoms with Crippen molar-refractivity contribution in [2.75, 3.05) is 38.5 Å². The van der Waals surface area contributed by atoms with Gasteiger partial charge in [-0.2, -0.15) is 0 Å². The molecule has 6 nitrogen and oxygen atoms in total. The first kappa shape index (κ1) is 14.1. The largest absolute Gasteiger partial charge is 0.476 e. The first-order chi connectivity index (χ1) is 10.3. The fourth-order valence-electron chi connectivity index (χ4n) is 2.27. The van der Waals surface area contributed by atoms with Crippen LogP contribution in [0.4, 0.5) is 5.69 Å². The monoisotopic (exact) mass is 292 g/mol. The molecule has 1 aromatic heterocycles. The number of pyridine rings is 1. The highest BCUT2D eigenvalue weighted by atomic mass is 16.5. The third kappa shape index (κ3) is 3.44. The van der Waals surface area contributed by atoms with Crippen molar-refractivity contribution in [3.63, 3.8) is 0 Å². The molecule has 114 valence electrons. The average molecular weight is 292 g/mol. The van der Waals surface area contributed by atoms with E-state index in [9.17, 15) is 4.79 Å². The van der Waals surface area contributed by atoms with E-state index in [4.69, 9.17) is 14.2 Å². The predicted molar refractivity (Wildman–Crippen MR) is 76.6 cm³/mol. The third-order valence-corrected chi connectivity index (χ3v) is 3.69. The Morgan fingerprint density at radius 2 is 2.33 bits per heavy atom. The van der Waals surface area contributed by atoms with E-state index < -0.39 is 5.97 Å². The number of carbonyl (C=O) groups excluding carboxylic acids is 1. The Kier molecular flexibility index (Phi) is 4.24. The van der Waals surface area contributed by atoms with Crippen molar-refractivity contribution in [3.05, 3.63) is 17.8 Å². The number of carbonyl (C=O) groups is 1. The number of ether oxygens (including phenoxy) is 3. The van der Waals surface area contributed by atoms with E-state index in [0.29, 0.717) is 25.1 Å². The minimum absolute atomic E-state index is 0.268. The van der Waals surface area contributed by atoms with E-state index in [-0.39, 0.29) is 5.69 Å². The molecule has 0 bridgehead atoms. The maximum atomic E-state index is 11.6. The summed E-state index contributed by atoms with van der Waals surface area (Å²) in [6.07, 6.45) is 3.39. The number of hydrogen-bond donors (Lipinski definition) is 0. The fourth-order valence-corrected chi connectivity index (χ4v) is 2.27. The van der Waals surface area contributed by atoms with Crippen LogP contribution in [0.5, 0.6) is 5.88 Å². The van der Waals surface area contributed by atoms with Crippen molar-refractivity contribution in [2.24, 2.45) is 5.92 Å². The molecule has 2 heterocycles. The lowest BCUT2D eigenvalue weighted by Gasteiger charge is -2.29. The molecule has 1 aliphatic heterocycles. The van der Waals surface area contributed by atoms with Gasteiger partial charge in [0.2, 0.25) is 5.88 Å². The van der Waals surface area contributed by atoms with Gasteiger partial charge in [0, 0.05) is 6.54 Å². The van der Waals surface area contributed by atoms with Gasteiger partial charge in [0.15, 0.2) is 5.69 Å². The van der Waals surface area contributed by atoms with Crippen LogP contribution < -0.4 is 9.64 Å². The standard InChI is InChI=1S/C15H20N2O4/c1-19-15(18)12-5-6-13(17-7-2-8-20-10-17)14(16-12)21-9-11-3-4-11/h5-6,11H,2-4,7-10H2,1H3. The molecule has 1 aromatic rings. The van der Waals surface area contributed by atoms with Crippen LogP contribution in [0, 0.1) is 5.92 Å². The van der Waals surface area contributed by atoms with Crippen molar-refractivity contribution in [1.29, 1.82) is 0 Å². The third-order valence-electron chi connectivity index (χ3n) is 3.69. The van der Waals surface area contributed by atoms with Crippen LogP contribution in [-0.2, 0) is 9.47 Å². The molecule has 21 heavy (non-hydrogen) atoms. The zero-order chi connectivity index (χ0) is 14.7. The molecule has 0 spiro atoms. The molecule has 0 unspecified atom stereocenters. The molecule has 2 aliphatic rings. The fraction of sp³-hybridized carbons (Fsp3) is 0.600. The highest BCUT2D eigenvalue weighted by Crippen LogP contribution is 2.33. The van der Waals surface area contributed by atoms with E-state index in [1.54, 1.807) is 6.07 Å². The summed E-state index contributed by atoms with van der Waals surface area (Å²) in [5.74, 6) is 0.669. The van der Waals surface area contributed by atoms with Crippen molar-refractivity contribution < 1.29 is 19.0 Å². The van der Waals surface area contributed by atoms with Crippen LogP contribution in [0.25, 0.3) is 0 Å². The molecule has 0 N–H and O–H groups in total. The van der Waals surface area contributed by atoms with Crippen molar-refractivity contribution >= 4 is 11.7 Å². The highest BCUT2D eigenvalue weighted by molar-refractivity contribution is 5.87. The van der Waals surface area contributed by atoms with Crippen molar-refractivity contribution in [3.8, 4) is 5.88 Å². The van der Waals surface area contributed by atoms with Gasteiger partial charge < -0.3 is 19.1 Å². The van der Waals surface area contributed by atoms with Crippen LogP contribution in [0.2, 0.25) is 0 Å². The van der Waals surface area contributed by atoms with Gasteiger partial charge in [-0.3, -0.25) is 0 Å². The molecule has 0 atom stereocenters. The summed E-state index contributed by atoms with van der Waals surface area (Å²) in [7, 11) is 1.35. The van der Waals surface area contributed by atoms with E-state index in [2.05, 4.69) is 9.88 Å². The molecule has 0 radical (unpaired) electrons. The van der Waals surface area contributed by atoms with Crippen molar-refractivity contribution in [2.45, 2.75) is 19.3 Å². The second-order valence-corrected chi connectivity index (χ2v) is 5.42. The van der Waals surface area contributed by atoms with Gasteiger partial charge in [-0.15, -0.1) is 0 Å². The van der Waals surface area contributed by atoms with Gasteiger partial charge in [0.1, 0.15) is 12.4 Å². The Labute approximate surface area is 124 Å². The van der Waals surface area contributed by atoms with Gasteiger partial charge in [0.05, 0.1) is 20.3 Å². The van der Waals surface area contributed by atoms with Gasteiger partial charge in [0.25, 0.3) is 0 Å². The topological polar surface area (TPSA) is 60.9 Å². The number of aromatic nitrogens is 1. The van der Waals surface area contributed by atoms with Crippen LogP contribution >= 0.6 is 0 Å². The molecule has 2 fully saturated rings. The number of hydrogen-bond acceptors (Lipinski definition) is 6. The van der Waals surface area contributed by atoms with E-state index in [1.165, 1.54) is 20.0 Å². The lowest BCUT2D eigenvalue weighted by atomic mass is 10.2. The molecule has 1 aliphatic carbocycles. The Balaban J connectivity index is 1.82. The van der Waals surface area contributed by atoms with E-state index in [1.807, 2.05) is 6.07 Å². The summed E-state index contributed by atoms with van der Waals surface area (Å²) in [5, 5.41) is 0. The highest BCUT2D eigenvalue weighted by Gasteiger charge is 2.25. The summed E-state index contributed by atoms with van der Waals surface area (Å²) in [4.78, 5) is 18.0. The first-order valence-electron chi connectivity index (χ1n) is 7.33. The quantitative estimate of drug-likeness (QED) is 0.772. The zero-order valence-corrected chi connectivity index (χ0v) is 12.2. The number of anilines is 1. The summed E-state index contributed by atoms with van der Waals surface area (Å²) < 4.78 is 16.0. The first-order valence-corrected chi connectivity index (χ1v) is 7.33. The summed E-state index contributed by atoms with van der Waals surface area (Å²) in [6, 6.07) is 3.52. The van der Waals surface area contributed by atoms with Crippen LogP contribution in [0.3, 0.4) is 0 Å². The summed E-state index contributed by atoms with van der Waals surface area (Å²) in [5.41, 5.74) is 1.15. The predicted octanol–water partition coefficient (Wildman–Crippen LogP) is 1.84. The van der Waals surface area contributed by atoms with Gasteiger partial charge >= 0.3 is 5.97 Å². The molecule has 1 saturated carbocycles. The number of rotatable bonds is 5. The minimum atomic E-state index is -0.451. The van der Waals surface area contributed by atoms with Crippen molar-refractivity contribution in [1.82, 2.24) is 4.98 Å². The molecule has 6 heteroatoms. The van der Waals surface area contributed by atoms with Gasteiger partial charge in [-0.25, -0.2) is 9.78 Å². The Morgan fingerprint density at radius 3 is 3.00 bits per heavy atom. The number of nitrogens with zero attached hydrogens (tertiary/aromatic N) is 2. The lowest BCUT2D eigenvalue weighted by molar-refractivity contribution is 0.0592. The Bertz CT molecular complexity index is 510. The summed E-state index contributed by atoms with van der Waals surface area (Å²) >= 11 is 0. The SMILES string of the molecule is COC(=O)c1ccc(N2CCCOC2)c(OCC2CC2)n1. The second-order valence-electron chi connectivity index (χ2n) is 5.42. The van der Waals surface area contributed by atoms with Crippen LogP contribution in [-0.4, -0.2) is 44.6 Å². The number of esters is 1. The maximum Gasteiger partial charge on any atom is 0.356 e. The Hall–Kier alpha value is -1.82. The van der Waals surface area contributed by atoms with Crippen LogP contribution in [0.1, 0.15) is 29.8 Å². The molecule has 3 rings (SSSR count).